The van der Waals surface area contributed by atoms with Crippen LogP contribution in [0.2, 0.25) is 0 Å². The number of anilines is 2. The fraction of sp³-hybridized carbons (Fsp3) is 0.0769. The average Bonchev–Trinajstić information content (AvgIpc) is 2.85. The van der Waals surface area contributed by atoms with Gasteiger partial charge in [0, 0.05) is 23.0 Å². The van der Waals surface area contributed by atoms with E-state index in [1.165, 1.54) is 0 Å². The molecule has 0 aliphatic heterocycles. The molecule has 33 heavy (non-hydrogen) atoms. The third-order valence-corrected chi connectivity index (χ3v) is 5.37. The van der Waals surface area contributed by atoms with Gasteiger partial charge in [-0.1, -0.05) is 36.4 Å². The second-order valence-electron chi connectivity index (χ2n) is 7.50. The highest BCUT2D eigenvalue weighted by atomic mass is 32.1. The van der Waals surface area contributed by atoms with Gasteiger partial charge in [-0.05, 0) is 72.6 Å². The first-order chi connectivity index (χ1) is 16.0. The van der Waals surface area contributed by atoms with E-state index in [-0.39, 0.29) is 11.9 Å². The first kappa shape index (κ1) is 21.9. The van der Waals surface area contributed by atoms with Crippen LogP contribution in [0.4, 0.5) is 11.4 Å². The third kappa shape index (κ3) is 5.50. The molecule has 1 amide bonds. The maximum absolute atomic E-state index is 12.6. The van der Waals surface area contributed by atoms with Crippen LogP contribution >= 0.6 is 12.2 Å². The van der Waals surface area contributed by atoms with E-state index < -0.39 is 0 Å². The van der Waals surface area contributed by atoms with Gasteiger partial charge in [0.2, 0.25) is 0 Å². The van der Waals surface area contributed by atoms with Crippen molar-refractivity contribution in [3.05, 3.63) is 102 Å². The van der Waals surface area contributed by atoms with Crippen molar-refractivity contribution >= 4 is 45.4 Å². The van der Waals surface area contributed by atoms with Gasteiger partial charge < -0.3 is 16.0 Å². The molecule has 3 N–H and O–H groups in total. The molecule has 1 unspecified atom stereocenters. The Morgan fingerprint density at radius 3 is 2.24 bits per heavy atom. The lowest BCUT2D eigenvalue weighted by atomic mass is 10.1. The van der Waals surface area contributed by atoms with Crippen molar-refractivity contribution in [2.75, 3.05) is 10.6 Å². The molecule has 0 spiro atoms. The maximum atomic E-state index is 12.6. The lowest BCUT2D eigenvalue weighted by molar-refractivity contribution is 0.102. The fourth-order valence-corrected chi connectivity index (χ4v) is 3.63. The van der Waals surface area contributed by atoms with Crippen LogP contribution in [0.15, 0.2) is 85.1 Å². The van der Waals surface area contributed by atoms with Crippen LogP contribution in [-0.2, 0) is 0 Å². The van der Waals surface area contributed by atoms with Crippen LogP contribution in [0.3, 0.4) is 0 Å². The number of nitrogens with zero attached hydrogens (tertiary/aromatic N) is 2. The van der Waals surface area contributed by atoms with Crippen LogP contribution in [0.5, 0.6) is 0 Å². The van der Waals surface area contributed by atoms with Gasteiger partial charge in [-0.25, -0.2) is 0 Å². The van der Waals surface area contributed by atoms with E-state index in [0.29, 0.717) is 22.1 Å². The summed E-state index contributed by atoms with van der Waals surface area (Å²) < 4.78 is 0. The van der Waals surface area contributed by atoms with Crippen LogP contribution in [-0.4, -0.2) is 16.0 Å². The van der Waals surface area contributed by atoms with Crippen molar-refractivity contribution in [1.82, 2.24) is 10.3 Å². The molecule has 7 heteroatoms. The minimum atomic E-state index is -0.269. The molecule has 0 saturated heterocycles. The number of amides is 1. The van der Waals surface area contributed by atoms with Crippen LogP contribution in [0.1, 0.15) is 34.6 Å². The number of carbonyl (C=O) groups is 1. The summed E-state index contributed by atoms with van der Waals surface area (Å²) in [5, 5.41) is 20.6. The predicted molar refractivity (Wildman–Crippen MR) is 135 cm³/mol. The van der Waals surface area contributed by atoms with Crippen molar-refractivity contribution < 1.29 is 4.79 Å². The summed E-state index contributed by atoms with van der Waals surface area (Å²) in [5.74, 6) is -0.269. The number of pyridine rings is 1. The van der Waals surface area contributed by atoms with E-state index >= 15 is 0 Å². The first-order valence-electron chi connectivity index (χ1n) is 10.4. The number of carbonyl (C=O) groups excluding carboxylic acids is 1. The predicted octanol–water partition coefficient (Wildman–Crippen LogP) is 5.41. The molecule has 4 rings (SSSR count). The van der Waals surface area contributed by atoms with Crippen LogP contribution in [0.25, 0.3) is 10.8 Å². The molecule has 6 nitrogen and oxygen atoms in total. The maximum Gasteiger partial charge on any atom is 0.274 e. The van der Waals surface area contributed by atoms with Crippen molar-refractivity contribution in [1.29, 1.82) is 5.26 Å². The summed E-state index contributed by atoms with van der Waals surface area (Å²) in [6, 6.07) is 26.3. The smallest absolute Gasteiger partial charge is 0.274 e. The Bertz CT molecular complexity index is 1340. The molecule has 1 aromatic heterocycles. The first-order valence-corrected chi connectivity index (χ1v) is 10.8. The molecule has 3 aromatic carbocycles. The topological polar surface area (TPSA) is 89.8 Å². The highest BCUT2D eigenvalue weighted by Gasteiger charge is 2.10. The Labute approximate surface area is 197 Å². The Hall–Kier alpha value is -4.28. The van der Waals surface area contributed by atoms with Crippen molar-refractivity contribution in [3.8, 4) is 6.07 Å². The Balaban J connectivity index is 1.33. The van der Waals surface area contributed by atoms with E-state index in [9.17, 15) is 4.79 Å². The highest BCUT2D eigenvalue weighted by Crippen LogP contribution is 2.18. The summed E-state index contributed by atoms with van der Waals surface area (Å²) >= 11 is 5.41. The SMILES string of the molecule is CC(NC(=S)Nc1ccc(NC(=O)c2cc3ccccc3cn2)cc1)c1ccc(C#N)cc1. The molecule has 0 aliphatic rings. The molecule has 0 fully saturated rings. The van der Waals surface area contributed by atoms with Gasteiger partial charge in [0.15, 0.2) is 5.11 Å². The molecule has 0 saturated carbocycles. The zero-order chi connectivity index (χ0) is 23.2. The molecule has 0 radical (unpaired) electrons. The lowest BCUT2D eigenvalue weighted by Crippen LogP contribution is -2.30. The van der Waals surface area contributed by atoms with Crippen LogP contribution in [0, 0.1) is 11.3 Å². The number of rotatable bonds is 5. The third-order valence-electron chi connectivity index (χ3n) is 5.15. The quantitative estimate of drug-likeness (QED) is 0.352. The minimum absolute atomic E-state index is 0.0224. The zero-order valence-electron chi connectivity index (χ0n) is 17.9. The standard InChI is InChI=1S/C26H21N5OS/c1-17(19-8-6-18(15-27)7-9-19)29-26(33)31-23-12-10-22(11-13-23)30-25(32)24-14-20-4-2-3-5-21(20)16-28-24/h2-14,16-17H,1H3,(H,30,32)(H2,29,31,33). The number of aromatic nitrogens is 1. The second kappa shape index (κ2) is 9.90. The second-order valence-corrected chi connectivity index (χ2v) is 7.91. The fourth-order valence-electron chi connectivity index (χ4n) is 3.33. The normalized spacial score (nSPS) is 11.3. The number of benzene rings is 3. The molecule has 1 atom stereocenters. The van der Waals surface area contributed by atoms with Gasteiger partial charge in [-0.2, -0.15) is 5.26 Å². The van der Waals surface area contributed by atoms with E-state index in [0.717, 1.165) is 22.0 Å². The number of nitriles is 1. The van der Waals surface area contributed by atoms with E-state index in [4.69, 9.17) is 17.5 Å². The molecule has 162 valence electrons. The average molecular weight is 452 g/mol. The molecule has 0 bridgehead atoms. The lowest BCUT2D eigenvalue weighted by Gasteiger charge is -2.17. The van der Waals surface area contributed by atoms with Crippen molar-refractivity contribution in [2.24, 2.45) is 0 Å². The van der Waals surface area contributed by atoms with Gasteiger partial charge in [-0.15, -0.1) is 0 Å². The van der Waals surface area contributed by atoms with Gasteiger partial charge in [0.1, 0.15) is 5.69 Å². The summed E-state index contributed by atoms with van der Waals surface area (Å²) in [6.07, 6.45) is 1.70. The summed E-state index contributed by atoms with van der Waals surface area (Å²) in [7, 11) is 0. The summed E-state index contributed by atoms with van der Waals surface area (Å²) in [4.78, 5) is 16.8. The molecule has 4 aromatic rings. The summed E-state index contributed by atoms with van der Waals surface area (Å²) in [6.45, 7) is 1.99. The van der Waals surface area contributed by atoms with Gasteiger partial charge in [0.25, 0.3) is 5.91 Å². The largest absolute Gasteiger partial charge is 0.356 e. The van der Waals surface area contributed by atoms with Crippen LogP contribution < -0.4 is 16.0 Å². The minimum Gasteiger partial charge on any atom is -0.356 e. The Morgan fingerprint density at radius 1 is 0.939 bits per heavy atom. The highest BCUT2D eigenvalue weighted by molar-refractivity contribution is 7.80. The Kier molecular flexibility index (Phi) is 6.58. The van der Waals surface area contributed by atoms with Gasteiger partial charge in [-0.3, -0.25) is 9.78 Å². The Morgan fingerprint density at radius 2 is 1.58 bits per heavy atom. The number of hydrogen-bond acceptors (Lipinski definition) is 4. The monoisotopic (exact) mass is 451 g/mol. The number of fused-ring (bicyclic) bond motifs is 1. The number of thiocarbonyl (C=S) groups is 1. The van der Waals surface area contributed by atoms with E-state index in [1.54, 1.807) is 36.5 Å². The zero-order valence-corrected chi connectivity index (χ0v) is 18.7. The van der Waals surface area contributed by atoms with E-state index in [1.807, 2.05) is 55.5 Å². The molecule has 0 aliphatic carbocycles. The molecular weight excluding hydrogens is 430 g/mol. The molecular formula is C26H21N5OS. The van der Waals surface area contributed by atoms with Gasteiger partial charge >= 0.3 is 0 Å². The van der Waals surface area contributed by atoms with E-state index in [2.05, 4.69) is 27.0 Å². The molecule has 1 heterocycles. The van der Waals surface area contributed by atoms with Gasteiger partial charge in [0.05, 0.1) is 17.7 Å². The van der Waals surface area contributed by atoms with Crippen molar-refractivity contribution in [2.45, 2.75) is 13.0 Å². The van der Waals surface area contributed by atoms with Crippen molar-refractivity contribution in [3.63, 3.8) is 0 Å². The number of nitrogens with one attached hydrogen (secondary N) is 3. The summed E-state index contributed by atoms with van der Waals surface area (Å²) in [5.41, 5.74) is 3.46. The number of hydrogen-bond donors (Lipinski definition) is 3.